The van der Waals surface area contributed by atoms with Crippen LogP contribution in [-0.2, 0) is 22.4 Å². The third-order valence-electron chi connectivity index (χ3n) is 7.09. The number of carbonyl (C=O) groups excluding carboxylic acids is 2. The number of fused-ring (bicyclic) bond motifs is 2. The maximum atomic E-state index is 13.1. The SMILES string of the molecule is N#Cc1ccc(CCC(=O)N2CC3CCCC(C2)C3C(=O)NCCc2ccccc2Br)cc1. The molecule has 4 rings (SSSR count). The summed E-state index contributed by atoms with van der Waals surface area (Å²) >= 11 is 3.57. The Bertz CT molecular complexity index is 1020. The quantitative estimate of drug-likeness (QED) is 0.599. The van der Waals surface area contributed by atoms with Crippen LogP contribution in [0.3, 0.4) is 0 Å². The normalized spacial score (nSPS) is 21.8. The van der Waals surface area contributed by atoms with Gasteiger partial charge >= 0.3 is 0 Å². The summed E-state index contributed by atoms with van der Waals surface area (Å²) in [5.74, 6) is 0.839. The number of aryl methyl sites for hydroxylation is 1. The number of hydrogen-bond acceptors (Lipinski definition) is 3. The predicted molar refractivity (Wildman–Crippen MR) is 131 cm³/mol. The van der Waals surface area contributed by atoms with Gasteiger partial charge in [0.25, 0.3) is 0 Å². The Morgan fingerprint density at radius 3 is 2.39 bits per heavy atom. The molecule has 2 aliphatic rings. The van der Waals surface area contributed by atoms with Crippen LogP contribution in [0.2, 0.25) is 0 Å². The number of rotatable bonds is 7. The van der Waals surface area contributed by atoms with E-state index in [9.17, 15) is 9.59 Å². The summed E-state index contributed by atoms with van der Waals surface area (Å²) in [6.07, 6.45) is 5.11. The minimum Gasteiger partial charge on any atom is -0.356 e. The van der Waals surface area contributed by atoms with Gasteiger partial charge in [-0.05, 0) is 66.8 Å². The van der Waals surface area contributed by atoms with E-state index in [-0.39, 0.29) is 29.6 Å². The second-order valence-corrected chi connectivity index (χ2v) is 10.1. The van der Waals surface area contributed by atoms with Crippen LogP contribution >= 0.6 is 15.9 Å². The smallest absolute Gasteiger partial charge is 0.223 e. The minimum atomic E-state index is 0.0144. The van der Waals surface area contributed by atoms with Crippen LogP contribution in [0.25, 0.3) is 0 Å². The molecular formula is C27H30BrN3O2. The molecule has 172 valence electrons. The average molecular weight is 508 g/mol. The Labute approximate surface area is 204 Å². The Morgan fingerprint density at radius 2 is 1.73 bits per heavy atom. The van der Waals surface area contributed by atoms with Crippen molar-refractivity contribution in [2.45, 2.75) is 38.5 Å². The van der Waals surface area contributed by atoms with Crippen LogP contribution in [0.5, 0.6) is 0 Å². The van der Waals surface area contributed by atoms with Crippen molar-refractivity contribution in [2.24, 2.45) is 17.8 Å². The first-order valence-corrected chi connectivity index (χ1v) is 12.6. The van der Waals surface area contributed by atoms with E-state index in [0.717, 1.165) is 35.7 Å². The number of piperidine rings is 1. The molecule has 1 aliphatic heterocycles. The summed E-state index contributed by atoms with van der Waals surface area (Å²) < 4.78 is 1.07. The number of hydrogen-bond donors (Lipinski definition) is 1. The van der Waals surface area contributed by atoms with Gasteiger partial charge in [-0.2, -0.15) is 5.26 Å². The van der Waals surface area contributed by atoms with Crippen molar-refractivity contribution in [3.8, 4) is 6.07 Å². The fourth-order valence-corrected chi connectivity index (χ4v) is 5.85. The first-order valence-electron chi connectivity index (χ1n) is 11.8. The fraction of sp³-hybridized carbons (Fsp3) is 0.444. The highest BCUT2D eigenvalue weighted by Crippen LogP contribution is 2.40. The number of halogens is 1. The summed E-state index contributed by atoms with van der Waals surface area (Å²) in [5, 5.41) is 12.1. The summed E-state index contributed by atoms with van der Waals surface area (Å²) in [7, 11) is 0. The molecule has 2 fully saturated rings. The van der Waals surface area contributed by atoms with E-state index in [1.54, 1.807) is 12.1 Å². The molecule has 1 aliphatic carbocycles. The van der Waals surface area contributed by atoms with Gasteiger partial charge in [0.2, 0.25) is 11.8 Å². The summed E-state index contributed by atoms with van der Waals surface area (Å²) in [5.41, 5.74) is 2.90. The number of likely N-dealkylation sites (tertiary alicyclic amines) is 1. The molecule has 1 N–H and O–H groups in total. The van der Waals surface area contributed by atoms with Crippen LogP contribution in [-0.4, -0.2) is 36.3 Å². The molecule has 2 bridgehead atoms. The second kappa shape index (κ2) is 11.0. The fourth-order valence-electron chi connectivity index (χ4n) is 5.36. The number of nitrogens with zero attached hydrogens (tertiary/aromatic N) is 2. The van der Waals surface area contributed by atoms with E-state index in [1.807, 2.05) is 35.2 Å². The molecule has 2 atom stereocenters. The summed E-state index contributed by atoms with van der Waals surface area (Å²) in [6, 6.07) is 17.7. The highest BCUT2D eigenvalue weighted by atomic mass is 79.9. The Hall–Kier alpha value is -2.65. The lowest BCUT2D eigenvalue weighted by atomic mass is 9.68. The van der Waals surface area contributed by atoms with Crippen LogP contribution in [0.1, 0.15) is 42.4 Å². The zero-order chi connectivity index (χ0) is 23.2. The molecule has 2 amide bonds. The molecule has 2 aromatic carbocycles. The summed E-state index contributed by atoms with van der Waals surface area (Å²) in [4.78, 5) is 28.0. The molecule has 1 saturated heterocycles. The van der Waals surface area contributed by atoms with E-state index < -0.39 is 0 Å². The van der Waals surface area contributed by atoms with Crippen molar-refractivity contribution in [1.82, 2.24) is 10.2 Å². The van der Waals surface area contributed by atoms with Crippen molar-refractivity contribution in [1.29, 1.82) is 5.26 Å². The van der Waals surface area contributed by atoms with Crippen LogP contribution in [0.15, 0.2) is 53.0 Å². The lowest BCUT2D eigenvalue weighted by Gasteiger charge is -2.46. The third kappa shape index (κ3) is 5.83. The Morgan fingerprint density at radius 1 is 1.03 bits per heavy atom. The van der Waals surface area contributed by atoms with Gasteiger partial charge in [-0.1, -0.05) is 52.7 Å². The number of nitriles is 1. The van der Waals surface area contributed by atoms with Gasteiger partial charge in [0.05, 0.1) is 11.6 Å². The van der Waals surface area contributed by atoms with Crippen LogP contribution < -0.4 is 5.32 Å². The molecule has 5 nitrogen and oxygen atoms in total. The first-order chi connectivity index (χ1) is 16.0. The number of amides is 2. The van der Waals surface area contributed by atoms with Crippen molar-refractivity contribution < 1.29 is 9.59 Å². The minimum absolute atomic E-state index is 0.0144. The molecule has 6 heteroatoms. The zero-order valence-electron chi connectivity index (χ0n) is 18.8. The van der Waals surface area contributed by atoms with Gasteiger partial charge < -0.3 is 10.2 Å². The monoisotopic (exact) mass is 507 g/mol. The maximum absolute atomic E-state index is 13.1. The Kier molecular flexibility index (Phi) is 7.82. The highest BCUT2D eigenvalue weighted by Gasteiger charge is 2.44. The van der Waals surface area contributed by atoms with E-state index in [2.05, 4.69) is 33.4 Å². The molecular weight excluding hydrogens is 478 g/mol. The van der Waals surface area contributed by atoms with Gasteiger partial charge in [0.15, 0.2) is 0 Å². The molecule has 0 aromatic heterocycles. The second-order valence-electron chi connectivity index (χ2n) is 9.22. The third-order valence-corrected chi connectivity index (χ3v) is 7.87. The number of nitrogens with one attached hydrogen (secondary N) is 1. The van der Waals surface area contributed by atoms with Crippen LogP contribution in [0, 0.1) is 29.1 Å². The standard InChI is InChI=1S/C27H30BrN3O2/c28-24-7-2-1-4-21(24)14-15-30-27(33)26-22-5-3-6-23(26)18-31(17-22)25(32)13-12-19-8-10-20(16-29)11-9-19/h1-2,4,7-11,22-23,26H,3,5-6,12-15,17-18H2,(H,30,33). The molecule has 2 unspecified atom stereocenters. The van der Waals surface area contributed by atoms with Crippen molar-refractivity contribution >= 4 is 27.7 Å². The molecule has 33 heavy (non-hydrogen) atoms. The average Bonchev–Trinajstić information content (AvgIpc) is 2.83. The van der Waals surface area contributed by atoms with Crippen molar-refractivity contribution in [3.63, 3.8) is 0 Å². The van der Waals surface area contributed by atoms with E-state index in [4.69, 9.17) is 5.26 Å². The lowest BCUT2D eigenvalue weighted by molar-refractivity contribution is -0.143. The molecule has 1 heterocycles. The highest BCUT2D eigenvalue weighted by molar-refractivity contribution is 9.10. The van der Waals surface area contributed by atoms with Gasteiger partial charge in [-0.3, -0.25) is 9.59 Å². The lowest BCUT2D eigenvalue weighted by Crippen LogP contribution is -2.55. The van der Waals surface area contributed by atoms with E-state index >= 15 is 0 Å². The molecule has 0 spiro atoms. The van der Waals surface area contributed by atoms with E-state index in [0.29, 0.717) is 38.0 Å². The van der Waals surface area contributed by atoms with E-state index in [1.165, 1.54) is 5.56 Å². The van der Waals surface area contributed by atoms with Gasteiger partial charge in [0.1, 0.15) is 0 Å². The largest absolute Gasteiger partial charge is 0.356 e. The maximum Gasteiger partial charge on any atom is 0.223 e. The summed E-state index contributed by atoms with van der Waals surface area (Å²) in [6.45, 7) is 2.00. The number of carbonyl (C=O) groups is 2. The Balaban J connectivity index is 1.29. The zero-order valence-corrected chi connectivity index (χ0v) is 20.4. The van der Waals surface area contributed by atoms with Crippen LogP contribution in [0.4, 0.5) is 0 Å². The predicted octanol–water partition coefficient (Wildman–Crippen LogP) is 4.49. The topological polar surface area (TPSA) is 73.2 Å². The van der Waals surface area contributed by atoms with Gasteiger partial charge in [-0.15, -0.1) is 0 Å². The van der Waals surface area contributed by atoms with Gasteiger partial charge in [-0.25, -0.2) is 0 Å². The molecule has 1 saturated carbocycles. The van der Waals surface area contributed by atoms with Crippen molar-refractivity contribution in [3.05, 3.63) is 69.7 Å². The van der Waals surface area contributed by atoms with Gasteiger partial charge in [0, 0.05) is 36.4 Å². The van der Waals surface area contributed by atoms with Crippen molar-refractivity contribution in [2.75, 3.05) is 19.6 Å². The molecule has 0 radical (unpaired) electrons. The first kappa shape index (κ1) is 23.5. The molecule has 2 aromatic rings. The number of benzene rings is 2.